The Balaban J connectivity index is 1.54. The van der Waals surface area contributed by atoms with Crippen LogP contribution in [-0.4, -0.2) is 23.3 Å². The van der Waals surface area contributed by atoms with Crippen molar-refractivity contribution in [1.29, 1.82) is 0 Å². The van der Waals surface area contributed by atoms with Crippen LogP contribution in [0.5, 0.6) is 11.5 Å². The summed E-state index contributed by atoms with van der Waals surface area (Å²) >= 11 is 8.07. The van der Waals surface area contributed by atoms with Crippen LogP contribution in [0, 0.1) is 0 Å². The molecule has 0 fully saturated rings. The Kier molecular flexibility index (Phi) is 6.64. The van der Waals surface area contributed by atoms with E-state index in [1.165, 1.54) is 11.3 Å². The second kappa shape index (κ2) is 9.16. The summed E-state index contributed by atoms with van der Waals surface area (Å²) in [6, 6.07) is 12.3. The fraction of sp³-hybridized carbons (Fsp3) is 0.118. The highest BCUT2D eigenvalue weighted by molar-refractivity contribution is 9.11. The Labute approximate surface area is 176 Å². The Hall–Kier alpha value is -2.17. The van der Waals surface area contributed by atoms with Gasteiger partial charge in [-0.05, 0) is 46.3 Å². The van der Waals surface area contributed by atoms with Gasteiger partial charge in [0.15, 0.2) is 5.01 Å². The lowest BCUT2D eigenvalue weighted by Crippen LogP contribution is -2.19. The minimum atomic E-state index is -0.414. The number of ether oxygens (including phenoxy) is 2. The van der Waals surface area contributed by atoms with Gasteiger partial charge in [-0.3, -0.25) is 5.32 Å². The topological polar surface area (TPSA) is 85.4 Å². The first-order chi connectivity index (χ1) is 13.0. The van der Waals surface area contributed by atoms with Gasteiger partial charge in [0, 0.05) is 16.2 Å². The number of methoxy groups -OCH3 is 1. The molecule has 0 saturated heterocycles. The summed E-state index contributed by atoms with van der Waals surface area (Å²) in [5, 5.41) is 14.4. The Morgan fingerprint density at radius 2 is 2.00 bits per heavy atom. The molecule has 27 heavy (non-hydrogen) atoms. The predicted octanol–water partition coefficient (Wildman–Crippen LogP) is 5.29. The van der Waals surface area contributed by atoms with Gasteiger partial charge < -0.3 is 14.8 Å². The van der Waals surface area contributed by atoms with Crippen LogP contribution in [0.1, 0.15) is 5.01 Å². The molecular formula is C17H14Br2N4O3S. The number of amides is 2. The standard InChI is InChI=1S/C17H14Br2N4O3S/c1-25-12-4-2-3-11(8-12)20-16(24)21-17-23-22-15(27-17)9-26-14-6-5-10(18)7-13(14)19/h2-8H,9H2,1H3,(H2,20,21,23,24). The number of aromatic nitrogens is 2. The molecule has 10 heteroatoms. The molecule has 0 unspecified atom stereocenters. The number of rotatable bonds is 6. The van der Waals surface area contributed by atoms with Crippen molar-refractivity contribution < 1.29 is 14.3 Å². The number of hydrogen-bond donors (Lipinski definition) is 2. The van der Waals surface area contributed by atoms with Gasteiger partial charge in [-0.2, -0.15) is 0 Å². The Morgan fingerprint density at radius 3 is 2.78 bits per heavy atom. The lowest BCUT2D eigenvalue weighted by Gasteiger charge is -2.07. The molecule has 0 bridgehead atoms. The van der Waals surface area contributed by atoms with Crippen molar-refractivity contribution >= 4 is 60.0 Å². The predicted molar refractivity (Wildman–Crippen MR) is 112 cm³/mol. The van der Waals surface area contributed by atoms with E-state index >= 15 is 0 Å². The van der Waals surface area contributed by atoms with Crippen LogP contribution in [0.25, 0.3) is 0 Å². The third kappa shape index (κ3) is 5.65. The third-order valence-electron chi connectivity index (χ3n) is 3.26. The smallest absolute Gasteiger partial charge is 0.325 e. The lowest BCUT2D eigenvalue weighted by molar-refractivity contribution is 0.262. The number of benzene rings is 2. The normalized spacial score (nSPS) is 10.3. The molecule has 0 aliphatic carbocycles. The number of hydrogen-bond acceptors (Lipinski definition) is 6. The zero-order valence-corrected chi connectivity index (χ0v) is 18.0. The summed E-state index contributed by atoms with van der Waals surface area (Å²) in [5.74, 6) is 1.35. The summed E-state index contributed by atoms with van der Waals surface area (Å²) in [7, 11) is 1.57. The molecule has 2 aromatic carbocycles. The van der Waals surface area contributed by atoms with Crippen LogP contribution in [0.15, 0.2) is 51.4 Å². The van der Waals surface area contributed by atoms with Crippen LogP contribution in [0.3, 0.4) is 0 Å². The number of carbonyl (C=O) groups excluding carboxylic acids is 1. The molecule has 1 heterocycles. The van der Waals surface area contributed by atoms with Gasteiger partial charge in [0.2, 0.25) is 5.13 Å². The quantitative estimate of drug-likeness (QED) is 0.467. The van der Waals surface area contributed by atoms with E-state index in [2.05, 4.69) is 52.7 Å². The first-order valence-electron chi connectivity index (χ1n) is 7.66. The maximum absolute atomic E-state index is 12.1. The molecule has 3 rings (SSSR count). The highest BCUT2D eigenvalue weighted by Gasteiger charge is 2.10. The average molecular weight is 514 g/mol. The molecular weight excluding hydrogens is 500 g/mol. The fourth-order valence-corrected chi connectivity index (χ4v) is 3.86. The van der Waals surface area contributed by atoms with Crippen molar-refractivity contribution in [2.24, 2.45) is 0 Å². The molecule has 2 N–H and O–H groups in total. The largest absolute Gasteiger partial charge is 0.497 e. The van der Waals surface area contributed by atoms with Gasteiger partial charge in [-0.25, -0.2) is 4.79 Å². The van der Waals surface area contributed by atoms with Crippen LogP contribution in [0.4, 0.5) is 15.6 Å². The number of halogens is 2. The minimum absolute atomic E-state index is 0.247. The molecule has 7 nitrogen and oxygen atoms in total. The first kappa shape index (κ1) is 19.6. The van der Waals surface area contributed by atoms with Gasteiger partial charge in [-0.1, -0.05) is 33.3 Å². The Bertz CT molecular complexity index is 951. The zero-order valence-electron chi connectivity index (χ0n) is 14.0. The first-order valence-corrected chi connectivity index (χ1v) is 10.1. The van der Waals surface area contributed by atoms with E-state index in [4.69, 9.17) is 9.47 Å². The summed E-state index contributed by atoms with van der Waals surface area (Å²) < 4.78 is 12.6. The summed E-state index contributed by atoms with van der Waals surface area (Å²) in [6.45, 7) is 0.247. The van der Waals surface area contributed by atoms with E-state index in [0.29, 0.717) is 27.3 Å². The van der Waals surface area contributed by atoms with E-state index in [1.807, 2.05) is 18.2 Å². The highest BCUT2D eigenvalue weighted by Crippen LogP contribution is 2.29. The Morgan fingerprint density at radius 1 is 1.15 bits per heavy atom. The second-order valence-electron chi connectivity index (χ2n) is 5.18. The van der Waals surface area contributed by atoms with Crippen molar-refractivity contribution in [3.8, 4) is 11.5 Å². The summed E-state index contributed by atoms with van der Waals surface area (Å²) in [5.41, 5.74) is 0.611. The van der Waals surface area contributed by atoms with E-state index in [-0.39, 0.29) is 6.61 Å². The monoisotopic (exact) mass is 512 g/mol. The van der Waals surface area contributed by atoms with Crippen molar-refractivity contribution in [1.82, 2.24) is 10.2 Å². The van der Waals surface area contributed by atoms with Crippen LogP contribution >= 0.6 is 43.2 Å². The van der Waals surface area contributed by atoms with Gasteiger partial charge in [0.05, 0.1) is 11.6 Å². The van der Waals surface area contributed by atoms with Crippen molar-refractivity contribution in [3.63, 3.8) is 0 Å². The van der Waals surface area contributed by atoms with Crippen LogP contribution in [0.2, 0.25) is 0 Å². The van der Waals surface area contributed by atoms with Crippen molar-refractivity contribution in [3.05, 3.63) is 56.4 Å². The van der Waals surface area contributed by atoms with E-state index in [0.717, 1.165) is 8.95 Å². The number of anilines is 2. The summed E-state index contributed by atoms with van der Waals surface area (Å²) in [6.07, 6.45) is 0. The molecule has 140 valence electrons. The molecule has 0 aliphatic rings. The fourth-order valence-electron chi connectivity index (χ4n) is 2.05. The minimum Gasteiger partial charge on any atom is -0.497 e. The van der Waals surface area contributed by atoms with Gasteiger partial charge in [0.25, 0.3) is 0 Å². The molecule has 2 amide bonds. The lowest BCUT2D eigenvalue weighted by atomic mass is 10.3. The number of carbonyl (C=O) groups is 1. The van der Waals surface area contributed by atoms with Gasteiger partial charge in [0.1, 0.15) is 18.1 Å². The zero-order chi connectivity index (χ0) is 19.2. The SMILES string of the molecule is COc1cccc(NC(=O)Nc2nnc(COc3ccc(Br)cc3Br)s2)c1. The third-order valence-corrected chi connectivity index (χ3v) is 5.19. The summed E-state index contributed by atoms with van der Waals surface area (Å²) in [4.78, 5) is 12.1. The maximum atomic E-state index is 12.1. The number of urea groups is 1. The maximum Gasteiger partial charge on any atom is 0.325 e. The number of nitrogens with zero attached hydrogens (tertiary/aromatic N) is 2. The highest BCUT2D eigenvalue weighted by atomic mass is 79.9. The molecule has 1 aromatic heterocycles. The molecule has 0 atom stereocenters. The molecule has 0 radical (unpaired) electrons. The average Bonchev–Trinajstić information content (AvgIpc) is 3.08. The molecule has 0 spiro atoms. The van der Waals surface area contributed by atoms with Crippen LogP contribution < -0.4 is 20.1 Å². The van der Waals surface area contributed by atoms with E-state index in [1.54, 1.807) is 31.4 Å². The van der Waals surface area contributed by atoms with E-state index in [9.17, 15) is 4.79 Å². The molecule has 3 aromatic rings. The van der Waals surface area contributed by atoms with Crippen molar-refractivity contribution in [2.75, 3.05) is 17.7 Å². The van der Waals surface area contributed by atoms with Crippen LogP contribution in [-0.2, 0) is 6.61 Å². The van der Waals surface area contributed by atoms with Gasteiger partial charge in [-0.15, -0.1) is 10.2 Å². The second-order valence-corrected chi connectivity index (χ2v) is 8.01. The van der Waals surface area contributed by atoms with Crippen molar-refractivity contribution in [2.45, 2.75) is 6.61 Å². The number of nitrogens with one attached hydrogen (secondary N) is 2. The molecule has 0 saturated carbocycles. The van der Waals surface area contributed by atoms with E-state index < -0.39 is 6.03 Å². The molecule has 0 aliphatic heterocycles. The van der Waals surface area contributed by atoms with Gasteiger partial charge >= 0.3 is 6.03 Å².